The quantitative estimate of drug-likeness (QED) is 0.929. The number of nitrogens with one attached hydrogen (secondary N) is 1. The van der Waals surface area contributed by atoms with E-state index in [0.717, 1.165) is 23.1 Å². The van der Waals surface area contributed by atoms with Crippen LogP contribution in [0.1, 0.15) is 31.1 Å². The second-order valence-corrected chi connectivity index (χ2v) is 5.11. The molecule has 0 aliphatic rings. The number of nitrogens with zero attached hydrogens (tertiary/aromatic N) is 2. The van der Waals surface area contributed by atoms with E-state index >= 15 is 0 Å². The molecule has 0 unspecified atom stereocenters. The normalized spacial score (nSPS) is 10.8. The largest absolute Gasteiger partial charge is 0.370 e. The van der Waals surface area contributed by atoms with Gasteiger partial charge in [-0.05, 0) is 26.2 Å². The molecular formula is C16H21N3O. The number of fused-ring (bicyclic) bond motifs is 1. The minimum atomic E-state index is 0.00625. The number of carbonyl (C=O) groups is 1. The first-order chi connectivity index (χ1) is 9.56. The van der Waals surface area contributed by atoms with Gasteiger partial charge in [0.2, 0.25) is 0 Å². The maximum absolute atomic E-state index is 12.5. The molecule has 0 aliphatic heterocycles. The highest BCUT2D eigenvalue weighted by atomic mass is 16.2. The molecule has 4 heteroatoms. The van der Waals surface area contributed by atoms with Gasteiger partial charge < -0.3 is 10.2 Å². The van der Waals surface area contributed by atoms with Crippen molar-refractivity contribution >= 4 is 22.5 Å². The molecule has 20 heavy (non-hydrogen) atoms. The van der Waals surface area contributed by atoms with Gasteiger partial charge in [0.15, 0.2) is 0 Å². The third kappa shape index (κ3) is 2.59. The summed E-state index contributed by atoms with van der Waals surface area (Å²) in [6, 6.07) is 8.04. The number of hydrogen-bond donors (Lipinski definition) is 1. The van der Waals surface area contributed by atoms with Gasteiger partial charge in [-0.25, -0.2) is 4.98 Å². The summed E-state index contributed by atoms with van der Waals surface area (Å²) < 4.78 is 0. The van der Waals surface area contributed by atoms with Crippen molar-refractivity contribution in [1.82, 2.24) is 9.88 Å². The SMILES string of the molecule is CCNc1ncc(C(=O)N(C)C(C)C)c2ccccc12. The summed E-state index contributed by atoms with van der Waals surface area (Å²) >= 11 is 0. The smallest absolute Gasteiger partial charge is 0.256 e. The number of pyridine rings is 1. The zero-order valence-corrected chi connectivity index (χ0v) is 12.5. The fraction of sp³-hybridized carbons (Fsp3) is 0.375. The standard InChI is InChI=1S/C16H21N3O/c1-5-17-15-13-9-7-6-8-12(13)14(10-18-15)16(20)19(4)11(2)3/h6-11H,5H2,1-4H3,(H,17,18). The molecule has 1 aromatic heterocycles. The summed E-state index contributed by atoms with van der Waals surface area (Å²) in [5.74, 6) is 0.832. The fourth-order valence-electron chi connectivity index (χ4n) is 2.10. The predicted octanol–water partition coefficient (Wildman–Crippen LogP) is 3.15. The summed E-state index contributed by atoms with van der Waals surface area (Å²) in [5, 5.41) is 5.16. The van der Waals surface area contributed by atoms with Crippen LogP contribution in [0.2, 0.25) is 0 Å². The lowest BCUT2D eigenvalue weighted by molar-refractivity contribution is 0.0756. The van der Waals surface area contributed by atoms with Gasteiger partial charge >= 0.3 is 0 Å². The molecule has 0 saturated heterocycles. The summed E-state index contributed by atoms with van der Waals surface area (Å²) in [5.41, 5.74) is 0.651. The average Bonchev–Trinajstić information content (AvgIpc) is 2.46. The molecule has 1 N–H and O–H groups in total. The lowest BCUT2D eigenvalue weighted by Crippen LogP contribution is -2.33. The highest BCUT2D eigenvalue weighted by molar-refractivity contribution is 6.09. The van der Waals surface area contributed by atoms with Crippen LogP contribution in [0.3, 0.4) is 0 Å². The number of anilines is 1. The van der Waals surface area contributed by atoms with Crippen LogP contribution in [0.25, 0.3) is 10.8 Å². The van der Waals surface area contributed by atoms with Gasteiger partial charge in [0.25, 0.3) is 5.91 Å². The molecule has 4 nitrogen and oxygen atoms in total. The van der Waals surface area contributed by atoms with E-state index < -0.39 is 0 Å². The van der Waals surface area contributed by atoms with E-state index in [2.05, 4.69) is 10.3 Å². The van der Waals surface area contributed by atoms with Crippen molar-refractivity contribution in [2.75, 3.05) is 18.9 Å². The van der Waals surface area contributed by atoms with Crippen molar-refractivity contribution in [3.05, 3.63) is 36.0 Å². The van der Waals surface area contributed by atoms with Crippen LogP contribution in [0.5, 0.6) is 0 Å². The first kappa shape index (κ1) is 14.3. The fourth-order valence-corrected chi connectivity index (χ4v) is 2.10. The molecule has 0 saturated carbocycles. The van der Waals surface area contributed by atoms with Gasteiger partial charge in [-0.1, -0.05) is 24.3 Å². The molecule has 0 aliphatic carbocycles. The third-order valence-electron chi connectivity index (χ3n) is 3.46. The van der Waals surface area contributed by atoms with E-state index in [1.165, 1.54) is 0 Å². The lowest BCUT2D eigenvalue weighted by Gasteiger charge is -2.22. The molecular weight excluding hydrogens is 250 g/mol. The van der Waals surface area contributed by atoms with E-state index in [1.54, 1.807) is 11.1 Å². The van der Waals surface area contributed by atoms with Crippen molar-refractivity contribution in [2.24, 2.45) is 0 Å². The zero-order chi connectivity index (χ0) is 14.7. The zero-order valence-electron chi connectivity index (χ0n) is 12.5. The van der Waals surface area contributed by atoms with Crippen molar-refractivity contribution in [1.29, 1.82) is 0 Å². The first-order valence-corrected chi connectivity index (χ1v) is 6.95. The minimum absolute atomic E-state index is 0.00625. The van der Waals surface area contributed by atoms with Gasteiger partial charge in [0.1, 0.15) is 5.82 Å². The number of aromatic nitrogens is 1. The summed E-state index contributed by atoms with van der Waals surface area (Å²) in [6.07, 6.45) is 1.67. The van der Waals surface area contributed by atoms with Crippen molar-refractivity contribution < 1.29 is 4.79 Å². The molecule has 0 bridgehead atoms. The minimum Gasteiger partial charge on any atom is -0.370 e. The highest BCUT2D eigenvalue weighted by Crippen LogP contribution is 2.25. The van der Waals surface area contributed by atoms with Gasteiger partial charge in [0, 0.05) is 31.2 Å². The molecule has 2 rings (SSSR count). The molecule has 0 atom stereocenters. The maximum atomic E-state index is 12.5. The topological polar surface area (TPSA) is 45.2 Å². The van der Waals surface area contributed by atoms with Gasteiger partial charge in [0.05, 0.1) is 5.56 Å². The molecule has 106 valence electrons. The van der Waals surface area contributed by atoms with Gasteiger partial charge in [-0.3, -0.25) is 4.79 Å². The second-order valence-electron chi connectivity index (χ2n) is 5.11. The second kappa shape index (κ2) is 5.90. The molecule has 0 radical (unpaired) electrons. The first-order valence-electron chi connectivity index (χ1n) is 6.95. The Morgan fingerprint density at radius 3 is 2.55 bits per heavy atom. The molecule has 1 amide bonds. The average molecular weight is 271 g/mol. The van der Waals surface area contributed by atoms with Crippen LogP contribution in [-0.4, -0.2) is 35.4 Å². The van der Waals surface area contributed by atoms with Gasteiger partial charge in [-0.15, -0.1) is 0 Å². The van der Waals surface area contributed by atoms with E-state index in [9.17, 15) is 4.79 Å². The molecule has 2 aromatic rings. The monoisotopic (exact) mass is 271 g/mol. The van der Waals surface area contributed by atoms with Crippen LogP contribution in [-0.2, 0) is 0 Å². The van der Waals surface area contributed by atoms with Crippen molar-refractivity contribution in [2.45, 2.75) is 26.8 Å². The Kier molecular flexibility index (Phi) is 4.23. The van der Waals surface area contributed by atoms with Crippen LogP contribution in [0, 0.1) is 0 Å². The van der Waals surface area contributed by atoms with E-state index in [0.29, 0.717) is 5.56 Å². The van der Waals surface area contributed by atoms with Crippen LogP contribution in [0.4, 0.5) is 5.82 Å². The Morgan fingerprint density at radius 1 is 1.30 bits per heavy atom. The van der Waals surface area contributed by atoms with Crippen LogP contribution >= 0.6 is 0 Å². The van der Waals surface area contributed by atoms with E-state index in [-0.39, 0.29) is 11.9 Å². The number of benzene rings is 1. The Balaban J connectivity index is 2.56. The molecule has 0 fully saturated rings. The summed E-state index contributed by atoms with van der Waals surface area (Å²) in [4.78, 5) is 18.7. The molecule has 1 heterocycles. The van der Waals surface area contributed by atoms with Crippen molar-refractivity contribution in [3.8, 4) is 0 Å². The van der Waals surface area contributed by atoms with Gasteiger partial charge in [-0.2, -0.15) is 0 Å². The van der Waals surface area contributed by atoms with Crippen LogP contribution < -0.4 is 5.32 Å². The number of amides is 1. The Hall–Kier alpha value is -2.10. The maximum Gasteiger partial charge on any atom is 0.256 e. The van der Waals surface area contributed by atoms with Crippen LogP contribution in [0.15, 0.2) is 30.5 Å². The Morgan fingerprint density at radius 2 is 1.95 bits per heavy atom. The summed E-state index contributed by atoms with van der Waals surface area (Å²) in [7, 11) is 1.82. The van der Waals surface area contributed by atoms with E-state index in [4.69, 9.17) is 0 Å². The summed E-state index contributed by atoms with van der Waals surface area (Å²) in [6.45, 7) is 6.83. The third-order valence-corrected chi connectivity index (χ3v) is 3.46. The molecule has 1 aromatic carbocycles. The Labute approximate surface area is 119 Å². The number of carbonyl (C=O) groups excluding carboxylic acids is 1. The molecule has 0 spiro atoms. The number of rotatable bonds is 4. The highest BCUT2D eigenvalue weighted by Gasteiger charge is 2.18. The van der Waals surface area contributed by atoms with Crippen molar-refractivity contribution in [3.63, 3.8) is 0 Å². The predicted molar refractivity (Wildman–Crippen MR) is 83.1 cm³/mol. The lowest BCUT2D eigenvalue weighted by atomic mass is 10.1. The Bertz CT molecular complexity index is 622. The number of hydrogen-bond acceptors (Lipinski definition) is 3. The van der Waals surface area contributed by atoms with E-state index in [1.807, 2.05) is 52.1 Å².